The standard InChI is InChI=1S/C14H16ClNO3/c15-12-3-1-2-4-13(12)16-14(18)9-19-11-7-5-10(17)6-8-11/h1-4,11H,5-9H2,(H,16,18). The summed E-state index contributed by atoms with van der Waals surface area (Å²) >= 11 is 5.94. The minimum Gasteiger partial charge on any atom is -0.368 e. The molecule has 0 aliphatic heterocycles. The molecule has 1 aliphatic carbocycles. The van der Waals surface area contributed by atoms with Gasteiger partial charge in [0, 0.05) is 12.8 Å². The number of para-hydroxylation sites is 1. The summed E-state index contributed by atoms with van der Waals surface area (Å²) in [6.45, 7) is -0.00984. The van der Waals surface area contributed by atoms with Crippen LogP contribution >= 0.6 is 11.6 Å². The van der Waals surface area contributed by atoms with E-state index in [0.717, 1.165) is 0 Å². The lowest BCUT2D eigenvalue weighted by Gasteiger charge is -2.21. The van der Waals surface area contributed by atoms with Gasteiger partial charge in [-0.1, -0.05) is 23.7 Å². The van der Waals surface area contributed by atoms with Crippen molar-refractivity contribution in [2.75, 3.05) is 11.9 Å². The van der Waals surface area contributed by atoms with Crippen LogP contribution in [0.15, 0.2) is 24.3 Å². The van der Waals surface area contributed by atoms with Crippen molar-refractivity contribution in [1.82, 2.24) is 0 Å². The second kappa shape index (κ2) is 6.68. The Kier molecular flexibility index (Phi) is 4.93. The number of halogens is 1. The molecule has 0 bridgehead atoms. The molecule has 1 saturated carbocycles. The SMILES string of the molecule is O=C1CCC(OCC(=O)Nc2ccccc2Cl)CC1. The Morgan fingerprint density at radius 2 is 2.00 bits per heavy atom. The molecule has 1 aromatic rings. The zero-order valence-corrected chi connectivity index (χ0v) is 11.3. The highest BCUT2D eigenvalue weighted by molar-refractivity contribution is 6.33. The topological polar surface area (TPSA) is 55.4 Å². The summed E-state index contributed by atoms with van der Waals surface area (Å²) in [4.78, 5) is 22.8. The molecule has 0 saturated heterocycles. The summed E-state index contributed by atoms with van der Waals surface area (Å²) in [6.07, 6.45) is 2.53. The third-order valence-electron chi connectivity index (χ3n) is 3.09. The van der Waals surface area contributed by atoms with Crippen LogP contribution in [0, 0.1) is 0 Å². The van der Waals surface area contributed by atoms with E-state index >= 15 is 0 Å². The number of anilines is 1. The minimum absolute atomic E-state index is 0.00898. The van der Waals surface area contributed by atoms with Crippen LogP contribution < -0.4 is 5.32 Å². The fraction of sp³-hybridized carbons (Fsp3) is 0.429. The molecule has 0 spiro atoms. The van der Waals surface area contributed by atoms with Crippen molar-refractivity contribution in [3.8, 4) is 0 Å². The number of carbonyl (C=O) groups excluding carboxylic acids is 2. The first-order chi connectivity index (χ1) is 9.15. The Morgan fingerprint density at radius 3 is 2.68 bits per heavy atom. The second-order valence-electron chi connectivity index (χ2n) is 4.58. The van der Waals surface area contributed by atoms with E-state index in [0.29, 0.717) is 36.4 Å². The number of carbonyl (C=O) groups is 2. The summed E-state index contributed by atoms with van der Waals surface area (Å²) in [5.41, 5.74) is 0.580. The normalized spacial score (nSPS) is 16.4. The molecule has 0 aromatic heterocycles. The maximum absolute atomic E-state index is 11.7. The highest BCUT2D eigenvalue weighted by Crippen LogP contribution is 2.21. The summed E-state index contributed by atoms with van der Waals surface area (Å²) in [7, 11) is 0. The van der Waals surface area contributed by atoms with Crippen molar-refractivity contribution in [2.24, 2.45) is 0 Å². The predicted octanol–water partition coefficient (Wildman–Crippen LogP) is 2.81. The van der Waals surface area contributed by atoms with Crippen LogP contribution in [-0.4, -0.2) is 24.4 Å². The number of ketones is 1. The first-order valence-corrected chi connectivity index (χ1v) is 6.70. The largest absolute Gasteiger partial charge is 0.368 e. The lowest BCUT2D eigenvalue weighted by Crippen LogP contribution is -2.26. The zero-order valence-electron chi connectivity index (χ0n) is 10.5. The number of Topliss-reactive ketones (excluding diaryl/α,β-unsaturated/α-hetero) is 1. The van der Waals surface area contributed by atoms with Gasteiger partial charge in [0.2, 0.25) is 5.91 Å². The van der Waals surface area contributed by atoms with Gasteiger partial charge in [0.05, 0.1) is 16.8 Å². The molecule has 19 heavy (non-hydrogen) atoms. The number of benzene rings is 1. The maximum atomic E-state index is 11.7. The molecule has 1 aliphatic rings. The number of hydrogen-bond acceptors (Lipinski definition) is 3. The Labute approximate surface area is 117 Å². The molecule has 1 fully saturated rings. The molecule has 0 unspecified atom stereocenters. The average Bonchev–Trinajstić information content (AvgIpc) is 2.41. The van der Waals surface area contributed by atoms with Gasteiger partial charge in [-0.15, -0.1) is 0 Å². The average molecular weight is 282 g/mol. The smallest absolute Gasteiger partial charge is 0.250 e. The van der Waals surface area contributed by atoms with Crippen molar-refractivity contribution in [2.45, 2.75) is 31.8 Å². The maximum Gasteiger partial charge on any atom is 0.250 e. The molecule has 5 heteroatoms. The van der Waals surface area contributed by atoms with E-state index in [9.17, 15) is 9.59 Å². The molecule has 0 atom stereocenters. The molecule has 4 nitrogen and oxygen atoms in total. The Balaban J connectivity index is 1.76. The van der Waals surface area contributed by atoms with E-state index < -0.39 is 0 Å². The highest BCUT2D eigenvalue weighted by Gasteiger charge is 2.20. The van der Waals surface area contributed by atoms with Crippen molar-refractivity contribution in [3.05, 3.63) is 29.3 Å². The summed E-state index contributed by atoms with van der Waals surface area (Å²) < 4.78 is 5.50. The van der Waals surface area contributed by atoms with Gasteiger partial charge in [-0.3, -0.25) is 9.59 Å². The van der Waals surface area contributed by atoms with Crippen LogP contribution in [0.25, 0.3) is 0 Å². The molecule has 1 aromatic carbocycles. The van der Waals surface area contributed by atoms with Crippen LogP contribution in [0.1, 0.15) is 25.7 Å². The molecule has 2 rings (SSSR count). The fourth-order valence-corrected chi connectivity index (χ4v) is 2.21. The van der Waals surface area contributed by atoms with E-state index in [1.807, 2.05) is 0 Å². The minimum atomic E-state index is -0.231. The Morgan fingerprint density at radius 1 is 1.32 bits per heavy atom. The molecule has 0 heterocycles. The summed E-state index contributed by atoms with van der Waals surface area (Å²) in [5, 5.41) is 3.19. The molecule has 1 N–H and O–H groups in total. The van der Waals surface area contributed by atoms with Gasteiger partial charge in [-0.25, -0.2) is 0 Å². The van der Waals surface area contributed by atoms with Crippen LogP contribution in [0.2, 0.25) is 5.02 Å². The van der Waals surface area contributed by atoms with E-state index in [2.05, 4.69) is 5.32 Å². The van der Waals surface area contributed by atoms with Crippen LogP contribution in [0.4, 0.5) is 5.69 Å². The van der Waals surface area contributed by atoms with E-state index in [1.54, 1.807) is 24.3 Å². The Bertz CT molecular complexity index is 466. The Hall–Kier alpha value is -1.39. The van der Waals surface area contributed by atoms with E-state index in [4.69, 9.17) is 16.3 Å². The third-order valence-corrected chi connectivity index (χ3v) is 3.42. The summed E-state index contributed by atoms with van der Waals surface area (Å²) in [5.74, 6) is 0.0466. The van der Waals surface area contributed by atoms with Gasteiger partial charge in [0.25, 0.3) is 0 Å². The number of nitrogens with one attached hydrogen (secondary N) is 1. The highest BCUT2D eigenvalue weighted by atomic mass is 35.5. The zero-order chi connectivity index (χ0) is 13.7. The number of rotatable bonds is 4. The quantitative estimate of drug-likeness (QED) is 0.923. The van der Waals surface area contributed by atoms with Crippen molar-refractivity contribution < 1.29 is 14.3 Å². The van der Waals surface area contributed by atoms with Crippen molar-refractivity contribution in [3.63, 3.8) is 0 Å². The van der Waals surface area contributed by atoms with Crippen LogP contribution in [0.3, 0.4) is 0 Å². The number of hydrogen-bond donors (Lipinski definition) is 1. The monoisotopic (exact) mass is 281 g/mol. The first-order valence-electron chi connectivity index (χ1n) is 6.33. The van der Waals surface area contributed by atoms with Gasteiger partial charge in [0.1, 0.15) is 12.4 Å². The molecule has 1 amide bonds. The van der Waals surface area contributed by atoms with Crippen LogP contribution in [-0.2, 0) is 14.3 Å². The molecule has 0 radical (unpaired) electrons. The first kappa shape index (κ1) is 14.0. The van der Waals surface area contributed by atoms with Gasteiger partial charge in [-0.05, 0) is 25.0 Å². The molecular weight excluding hydrogens is 266 g/mol. The van der Waals surface area contributed by atoms with Crippen molar-refractivity contribution >= 4 is 29.0 Å². The number of ether oxygens (including phenoxy) is 1. The number of amides is 1. The van der Waals surface area contributed by atoms with Gasteiger partial charge < -0.3 is 10.1 Å². The lowest BCUT2D eigenvalue weighted by molar-refractivity contribution is -0.126. The second-order valence-corrected chi connectivity index (χ2v) is 4.98. The van der Waals surface area contributed by atoms with E-state index in [1.165, 1.54) is 0 Å². The van der Waals surface area contributed by atoms with Crippen LogP contribution in [0.5, 0.6) is 0 Å². The third kappa shape index (κ3) is 4.33. The van der Waals surface area contributed by atoms with Gasteiger partial charge in [0.15, 0.2) is 0 Å². The summed E-state index contributed by atoms with van der Waals surface area (Å²) in [6, 6.07) is 7.05. The van der Waals surface area contributed by atoms with Gasteiger partial charge >= 0.3 is 0 Å². The van der Waals surface area contributed by atoms with E-state index in [-0.39, 0.29) is 24.4 Å². The fourth-order valence-electron chi connectivity index (χ4n) is 2.02. The molecule has 102 valence electrons. The lowest BCUT2D eigenvalue weighted by atomic mass is 9.96. The predicted molar refractivity (Wildman–Crippen MR) is 73.3 cm³/mol. The van der Waals surface area contributed by atoms with Gasteiger partial charge in [-0.2, -0.15) is 0 Å². The van der Waals surface area contributed by atoms with Crippen molar-refractivity contribution in [1.29, 1.82) is 0 Å². The molecular formula is C14H16ClNO3.